The van der Waals surface area contributed by atoms with Crippen LogP contribution in [-0.4, -0.2) is 43.3 Å². The number of ether oxygens (including phenoxy) is 3. The molecule has 0 radical (unpaired) electrons. The average Bonchev–Trinajstić information content (AvgIpc) is 3.24. The second kappa shape index (κ2) is 9.08. The lowest BCUT2D eigenvalue weighted by Crippen LogP contribution is -2.33. The molecule has 0 bridgehead atoms. The lowest BCUT2D eigenvalue weighted by atomic mass is 9.79. The number of hydrogen-bond acceptors (Lipinski definition) is 8. The van der Waals surface area contributed by atoms with E-state index in [2.05, 4.69) is 5.32 Å². The van der Waals surface area contributed by atoms with Gasteiger partial charge in [0.25, 0.3) is 5.69 Å². The van der Waals surface area contributed by atoms with Crippen molar-refractivity contribution in [3.63, 3.8) is 0 Å². The molecule has 0 unspecified atom stereocenters. The van der Waals surface area contributed by atoms with Crippen molar-refractivity contribution < 1.29 is 28.7 Å². The summed E-state index contributed by atoms with van der Waals surface area (Å²) < 4.78 is 15.9. The fourth-order valence-electron chi connectivity index (χ4n) is 3.88. The summed E-state index contributed by atoms with van der Waals surface area (Å²) in [7, 11) is 1.22. The van der Waals surface area contributed by atoms with E-state index >= 15 is 0 Å². The number of benzene rings is 1. The molecule has 0 saturated carbocycles. The monoisotopic (exact) mass is 416 g/mol. The van der Waals surface area contributed by atoms with E-state index in [9.17, 15) is 19.7 Å². The third kappa shape index (κ3) is 4.20. The van der Waals surface area contributed by atoms with Gasteiger partial charge in [-0.25, -0.2) is 9.59 Å². The predicted molar refractivity (Wildman–Crippen MR) is 106 cm³/mol. The second-order valence-corrected chi connectivity index (χ2v) is 7.18. The molecule has 2 atom stereocenters. The van der Waals surface area contributed by atoms with E-state index in [-0.39, 0.29) is 35.1 Å². The van der Waals surface area contributed by atoms with Gasteiger partial charge in [-0.05, 0) is 26.7 Å². The Hall–Kier alpha value is -3.20. The molecular weight excluding hydrogens is 392 g/mol. The first kappa shape index (κ1) is 21.5. The minimum Gasteiger partial charge on any atom is -0.466 e. The molecule has 160 valence electrons. The average molecular weight is 416 g/mol. The van der Waals surface area contributed by atoms with E-state index in [0.29, 0.717) is 18.0 Å². The van der Waals surface area contributed by atoms with Gasteiger partial charge >= 0.3 is 11.9 Å². The molecule has 2 aliphatic heterocycles. The highest BCUT2D eigenvalue weighted by molar-refractivity contribution is 6.00. The number of nitro benzene ring substituents is 1. The van der Waals surface area contributed by atoms with E-state index in [4.69, 9.17) is 14.2 Å². The number of carbonyl (C=O) groups is 2. The molecule has 1 fully saturated rings. The van der Waals surface area contributed by atoms with Crippen LogP contribution >= 0.6 is 0 Å². The van der Waals surface area contributed by atoms with Crippen LogP contribution in [0.15, 0.2) is 46.8 Å². The van der Waals surface area contributed by atoms with Crippen LogP contribution in [0.5, 0.6) is 0 Å². The minimum absolute atomic E-state index is 0.0788. The standard InChI is InChI=1S/C21H24N2O7/c1-12-17(20(24)28-3)19(15-8-4-5-9-16(15)23(26)27)18(13(2)22-12)21(25)30-11-14-7-6-10-29-14/h4-5,8-9,14,19,22H,6-7,10-11H2,1-3H3/t14-,19-/m1/s1. The summed E-state index contributed by atoms with van der Waals surface area (Å²) in [5.41, 5.74) is 1.19. The summed E-state index contributed by atoms with van der Waals surface area (Å²) in [5.74, 6) is -2.34. The zero-order valence-electron chi connectivity index (χ0n) is 17.1. The quantitative estimate of drug-likeness (QED) is 0.427. The number of nitrogens with one attached hydrogen (secondary N) is 1. The summed E-state index contributed by atoms with van der Waals surface area (Å²) >= 11 is 0. The maximum atomic E-state index is 13.1. The normalized spacial score (nSPS) is 21.3. The SMILES string of the molecule is COC(=O)C1=C(C)NC(C)=C(C(=O)OC[C@H]2CCCO2)[C@@H]1c1ccccc1[N+](=O)[O-]. The van der Waals surface area contributed by atoms with Gasteiger partial charge in [0.1, 0.15) is 6.61 Å². The van der Waals surface area contributed by atoms with Crippen molar-refractivity contribution in [2.45, 2.75) is 38.7 Å². The maximum absolute atomic E-state index is 13.1. The molecule has 1 N–H and O–H groups in total. The number of nitrogens with zero attached hydrogens (tertiary/aromatic N) is 1. The van der Waals surface area contributed by atoms with Crippen molar-refractivity contribution in [3.05, 3.63) is 62.5 Å². The first-order valence-electron chi connectivity index (χ1n) is 9.64. The van der Waals surface area contributed by atoms with Crippen LogP contribution in [0.25, 0.3) is 0 Å². The van der Waals surface area contributed by atoms with Crippen molar-refractivity contribution in [2.75, 3.05) is 20.3 Å². The lowest BCUT2D eigenvalue weighted by molar-refractivity contribution is -0.385. The number of nitro groups is 1. The lowest BCUT2D eigenvalue weighted by Gasteiger charge is -2.30. The molecule has 3 rings (SSSR count). The van der Waals surface area contributed by atoms with Crippen LogP contribution in [0.2, 0.25) is 0 Å². The smallest absolute Gasteiger partial charge is 0.336 e. The number of allylic oxidation sites excluding steroid dienone is 2. The van der Waals surface area contributed by atoms with E-state index in [1.807, 2.05) is 0 Å². The fourth-order valence-corrected chi connectivity index (χ4v) is 3.88. The van der Waals surface area contributed by atoms with E-state index in [1.165, 1.54) is 25.3 Å². The van der Waals surface area contributed by atoms with Gasteiger partial charge < -0.3 is 19.5 Å². The number of rotatable bonds is 6. The largest absolute Gasteiger partial charge is 0.466 e. The van der Waals surface area contributed by atoms with Gasteiger partial charge in [0.2, 0.25) is 0 Å². The number of carbonyl (C=O) groups excluding carboxylic acids is 2. The minimum atomic E-state index is -1.00. The molecule has 0 aromatic heterocycles. The molecule has 0 amide bonds. The Morgan fingerprint density at radius 1 is 1.20 bits per heavy atom. The molecule has 9 nitrogen and oxygen atoms in total. The van der Waals surface area contributed by atoms with Gasteiger partial charge in [-0.2, -0.15) is 0 Å². The Morgan fingerprint density at radius 2 is 1.87 bits per heavy atom. The molecule has 0 aliphatic carbocycles. The number of para-hydroxylation sites is 1. The highest BCUT2D eigenvalue weighted by atomic mass is 16.6. The van der Waals surface area contributed by atoms with E-state index in [0.717, 1.165) is 12.8 Å². The number of hydrogen-bond donors (Lipinski definition) is 1. The summed E-state index contributed by atoms with van der Waals surface area (Å²) in [6.07, 6.45) is 1.52. The van der Waals surface area contributed by atoms with Crippen molar-refractivity contribution in [1.29, 1.82) is 0 Å². The Balaban J connectivity index is 2.06. The van der Waals surface area contributed by atoms with Crippen LogP contribution < -0.4 is 5.32 Å². The molecule has 1 saturated heterocycles. The van der Waals surface area contributed by atoms with Crippen LogP contribution in [0.1, 0.15) is 38.2 Å². The molecule has 9 heteroatoms. The van der Waals surface area contributed by atoms with E-state index < -0.39 is 22.8 Å². The Labute approximate surface area is 173 Å². The zero-order chi connectivity index (χ0) is 21.8. The Bertz CT molecular complexity index is 929. The third-order valence-electron chi connectivity index (χ3n) is 5.25. The van der Waals surface area contributed by atoms with Gasteiger partial charge in [0.05, 0.1) is 35.2 Å². The molecule has 2 aliphatic rings. The Morgan fingerprint density at radius 3 is 2.47 bits per heavy atom. The predicted octanol–water partition coefficient (Wildman–Crippen LogP) is 2.72. The van der Waals surface area contributed by atoms with Crippen molar-refractivity contribution >= 4 is 17.6 Å². The number of dihydropyridines is 1. The third-order valence-corrected chi connectivity index (χ3v) is 5.25. The molecular formula is C21H24N2O7. The van der Waals surface area contributed by atoms with Gasteiger partial charge in [-0.15, -0.1) is 0 Å². The molecule has 2 heterocycles. The number of methoxy groups -OCH3 is 1. The second-order valence-electron chi connectivity index (χ2n) is 7.18. The summed E-state index contributed by atoms with van der Waals surface area (Å²) in [5, 5.41) is 14.7. The first-order chi connectivity index (χ1) is 14.3. The van der Waals surface area contributed by atoms with Gasteiger partial charge in [0, 0.05) is 29.6 Å². The molecule has 1 aromatic carbocycles. The van der Waals surface area contributed by atoms with Crippen LogP contribution in [0, 0.1) is 10.1 Å². The van der Waals surface area contributed by atoms with Gasteiger partial charge in [-0.1, -0.05) is 18.2 Å². The van der Waals surface area contributed by atoms with Crippen LogP contribution in [0.4, 0.5) is 5.69 Å². The zero-order valence-corrected chi connectivity index (χ0v) is 17.1. The van der Waals surface area contributed by atoms with E-state index in [1.54, 1.807) is 19.9 Å². The molecule has 0 spiro atoms. The van der Waals surface area contributed by atoms with Crippen molar-refractivity contribution in [3.8, 4) is 0 Å². The summed E-state index contributed by atoms with van der Waals surface area (Å²) in [6.45, 7) is 4.03. The van der Waals surface area contributed by atoms with Crippen LogP contribution in [0.3, 0.4) is 0 Å². The molecule has 30 heavy (non-hydrogen) atoms. The highest BCUT2D eigenvalue weighted by Gasteiger charge is 2.40. The Kier molecular flexibility index (Phi) is 6.51. The molecule has 1 aromatic rings. The fraction of sp³-hybridized carbons (Fsp3) is 0.429. The van der Waals surface area contributed by atoms with Crippen molar-refractivity contribution in [2.24, 2.45) is 0 Å². The van der Waals surface area contributed by atoms with Gasteiger partial charge in [0.15, 0.2) is 0 Å². The highest BCUT2D eigenvalue weighted by Crippen LogP contribution is 2.42. The first-order valence-corrected chi connectivity index (χ1v) is 9.64. The summed E-state index contributed by atoms with van der Waals surface area (Å²) in [4.78, 5) is 36.8. The van der Waals surface area contributed by atoms with Crippen molar-refractivity contribution in [1.82, 2.24) is 5.32 Å². The van der Waals surface area contributed by atoms with Gasteiger partial charge in [-0.3, -0.25) is 10.1 Å². The van der Waals surface area contributed by atoms with Crippen LogP contribution in [-0.2, 0) is 23.8 Å². The summed E-state index contributed by atoms with van der Waals surface area (Å²) in [6, 6.07) is 6.03. The number of esters is 2. The topological polar surface area (TPSA) is 117 Å². The maximum Gasteiger partial charge on any atom is 0.336 e.